The van der Waals surface area contributed by atoms with Crippen LogP contribution in [0.1, 0.15) is 38.3 Å². The van der Waals surface area contributed by atoms with Crippen molar-refractivity contribution in [3.63, 3.8) is 0 Å². The summed E-state index contributed by atoms with van der Waals surface area (Å²) in [6.07, 6.45) is 1.71. The number of amides is 2. The van der Waals surface area contributed by atoms with Crippen LogP contribution in [0.3, 0.4) is 0 Å². The van der Waals surface area contributed by atoms with Crippen LogP contribution in [0.5, 0.6) is 11.5 Å². The SMILES string of the molecule is CCOC(=O)[C@H]1[C@H]2COc3ccc(OC)cc3[C@@H]2N2C(=O)CN(CC3CCCO3)C(=O)[C@@]12C. The van der Waals surface area contributed by atoms with Gasteiger partial charge in [0, 0.05) is 24.6 Å². The van der Waals surface area contributed by atoms with E-state index >= 15 is 0 Å². The van der Waals surface area contributed by atoms with Crippen LogP contribution in [0.25, 0.3) is 0 Å². The predicted octanol–water partition coefficient (Wildman–Crippen LogP) is 1.55. The number of benzene rings is 1. The van der Waals surface area contributed by atoms with Crippen LogP contribution in [0, 0.1) is 11.8 Å². The number of piperazine rings is 1. The van der Waals surface area contributed by atoms with Gasteiger partial charge in [-0.2, -0.15) is 0 Å². The molecule has 3 saturated heterocycles. The summed E-state index contributed by atoms with van der Waals surface area (Å²) in [4.78, 5) is 44.0. The quantitative estimate of drug-likeness (QED) is 0.618. The lowest BCUT2D eigenvalue weighted by molar-refractivity contribution is -0.171. The Morgan fingerprint density at radius 2 is 2.12 bits per heavy atom. The van der Waals surface area contributed by atoms with Crippen LogP contribution in [0.4, 0.5) is 0 Å². The maximum absolute atomic E-state index is 14.0. The summed E-state index contributed by atoms with van der Waals surface area (Å²) >= 11 is 0. The second-order valence-corrected chi connectivity index (χ2v) is 9.29. The first kappa shape index (κ1) is 22.0. The fraction of sp³-hybridized carbons (Fsp3) is 0.625. The summed E-state index contributed by atoms with van der Waals surface area (Å²) in [6.45, 7) is 4.82. The van der Waals surface area contributed by atoms with Gasteiger partial charge in [-0.15, -0.1) is 0 Å². The maximum Gasteiger partial charge on any atom is 0.312 e. The number of nitrogens with zero attached hydrogens (tertiary/aromatic N) is 2. The third kappa shape index (κ3) is 3.27. The molecule has 3 fully saturated rings. The monoisotopic (exact) mass is 458 g/mol. The molecule has 0 aliphatic carbocycles. The Kier molecular flexibility index (Phi) is 5.47. The maximum atomic E-state index is 14.0. The minimum atomic E-state index is -1.37. The van der Waals surface area contributed by atoms with E-state index in [1.807, 2.05) is 6.07 Å². The average molecular weight is 459 g/mol. The van der Waals surface area contributed by atoms with Crippen molar-refractivity contribution in [2.45, 2.75) is 44.4 Å². The van der Waals surface area contributed by atoms with Crippen LogP contribution < -0.4 is 9.47 Å². The number of carbonyl (C=O) groups is 3. The molecule has 5 rings (SSSR count). The van der Waals surface area contributed by atoms with E-state index in [9.17, 15) is 14.4 Å². The largest absolute Gasteiger partial charge is 0.497 e. The van der Waals surface area contributed by atoms with Gasteiger partial charge in [-0.3, -0.25) is 14.4 Å². The van der Waals surface area contributed by atoms with E-state index in [0.29, 0.717) is 24.7 Å². The summed E-state index contributed by atoms with van der Waals surface area (Å²) in [5, 5.41) is 0. The highest BCUT2D eigenvalue weighted by Gasteiger charge is 2.69. The second-order valence-electron chi connectivity index (χ2n) is 9.29. The Balaban J connectivity index is 1.59. The van der Waals surface area contributed by atoms with Gasteiger partial charge in [0.1, 0.15) is 17.0 Å². The number of hydrogen-bond donors (Lipinski definition) is 0. The number of carbonyl (C=O) groups excluding carboxylic acids is 3. The highest BCUT2D eigenvalue weighted by molar-refractivity contribution is 6.02. The Morgan fingerprint density at radius 1 is 1.30 bits per heavy atom. The molecule has 4 aliphatic heterocycles. The lowest BCUT2D eigenvalue weighted by Gasteiger charge is -2.47. The normalized spacial score (nSPS) is 32.7. The van der Waals surface area contributed by atoms with Gasteiger partial charge in [0.15, 0.2) is 0 Å². The van der Waals surface area contributed by atoms with Crippen molar-refractivity contribution in [1.82, 2.24) is 9.80 Å². The van der Waals surface area contributed by atoms with Crippen LogP contribution in [-0.4, -0.2) is 79.2 Å². The van der Waals surface area contributed by atoms with E-state index in [4.69, 9.17) is 18.9 Å². The molecular formula is C24H30N2O7. The van der Waals surface area contributed by atoms with Gasteiger partial charge >= 0.3 is 5.97 Å². The third-order valence-electron chi connectivity index (χ3n) is 7.49. The van der Waals surface area contributed by atoms with Crippen molar-refractivity contribution in [3.05, 3.63) is 23.8 Å². The average Bonchev–Trinajstić information content (AvgIpc) is 3.41. The van der Waals surface area contributed by atoms with Gasteiger partial charge in [-0.05, 0) is 44.9 Å². The van der Waals surface area contributed by atoms with Crippen molar-refractivity contribution in [3.8, 4) is 11.5 Å². The Labute approximate surface area is 192 Å². The van der Waals surface area contributed by atoms with Crippen molar-refractivity contribution in [2.24, 2.45) is 11.8 Å². The summed E-state index contributed by atoms with van der Waals surface area (Å²) in [7, 11) is 1.57. The lowest BCUT2D eigenvalue weighted by Crippen LogP contribution is -2.68. The molecule has 4 aliphatic rings. The van der Waals surface area contributed by atoms with Gasteiger partial charge in [-0.25, -0.2) is 0 Å². The number of ether oxygens (including phenoxy) is 4. The fourth-order valence-corrected chi connectivity index (χ4v) is 6.09. The van der Waals surface area contributed by atoms with Crippen molar-refractivity contribution in [1.29, 1.82) is 0 Å². The molecule has 0 aromatic heterocycles. The lowest BCUT2D eigenvalue weighted by atomic mass is 9.77. The molecule has 1 aromatic carbocycles. The molecule has 0 spiro atoms. The van der Waals surface area contributed by atoms with Gasteiger partial charge in [0.25, 0.3) is 0 Å². The zero-order valence-corrected chi connectivity index (χ0v) is 19.2. The van der Waals surface area contributed by atoms with Crippen LogP contribution in [0.15, 0.2) is 18.2 Å². The molecule has 5 atom stereocenters. The molecule has 9 nitrogen and oxygen atoms in total. The van der Waals surface area contributed by atoms with Gasteiger partial charge in [0.05, 0.1) is 44.9 Å². The summed E-state index contributed by atoms with van der Waals surface area (Å²) in [6, 6.07) is 4.95. The molecule has 0 bridgehead atoms. The summed E-state index contributed by atoms with van der Waals surface area (Å²) in [5.74, 6) is -0.912. The first-order valence-electron chi connectivity index (χ1n) is 11.6. The highest BCUT2D eigenvalue weighted by atomic mass is 16.5. The number of fused-ring (bicyclic) bond motifs is 5. The predicted molar refractivity (Wildman–Crippen MR) is 116 cm³/mol. The number of rotatable bonds is 5. The van der Waals surface area contributed by atoms with Crippen molar-refractivity contribution in [2.75, 3.05) is 40.0 Å². The Bertz CT molecular complexity index is 976. The van der Waals surface area contributed by atoms with E-state index in [-0.39, 0.29) is 37.7 Å². The topological polar surface area (TPSA) is 94.6 Å². The minimum absolute atomic E-state index is 0.0345. The molecule has 9 heteroatoms. The molecule has 2 amide bonds. The van der Waals surface area contributed by atoms with Crippen molar-refractivity contribution >= 4 is 17.8 Å². The van der Waals surface area contributed by atoms with Gasteiger partial charge < -0.3 is 28.7 Å². The molecule has 1 unspecified atom stereocenters. The van der Waals surface area contributed by atoms with Crippen LogP contribution >= 0.6 is 0 Å². The van der Waals surface area contributed by atoms with E-state index in [1.165, 1.54) is 0 Å². The molecule has 1 aromatic rings. The number of hydrogen-bond acceptors (Lipinski definition) is 7. The first-order chi connectivity index (χ1) is 15.9. The van der Waals surface area contributed by atoms with Gasteiger partial charge in [0.2, 0.25) is 11.8 Å². The standard InChI is InChI=1S/C24H30N2O7/c1-4-31-22(28)20-17-13-33-18-8-7-14(30-3)10-16(18)21(17)26-19(27)12-25(23(29)24(20,26)2)11-15-6-5-9-32-15/h7-8,10,15,17,20-21H,4-6,9,11-13H2,1-3H3/t15?,17-,20-,21+,24-/m1/s1. The number of methoxy groups -OCH3 is 1. The minimum Gasteiger partial charge on any atom is -0.497 e. The van der Waals surface area contributed by atoms with E-state index in [0.717, 1.165) is 18.4 Å². The van der Waals surface area contributed by atoms with Crippen LogP contribution in [0.2, 0.25) is 0 Å². The molecule has 0 radical (unpaired) electrons. The zero-order valence-electron chi connectivity index (χ0n) is 19.2. The zero-order chi connectivity index (χ0) is 23.3. The van der Waals surface area contributed by atoms with Gasteiger partial charge in [-0.1, -0.05) is 0 Å². The second kappa shape index (κ2) is 8.20. The first-order valence-corrected chi connectivity index (χ1v) is 11.6. The highest BCUT2D eigenvalue weighted by Crippen LogP contribution is 2.57. The Hall–Kier alpha value is -2.81. The van der Waals surface area contributed by atoms with E-state index in [2.05, 4.69) is 0 Å². The Morgan fingerprint density at radius 3 is 2.82 bits per heavy atom. The summed E-state index contributed by atoms with van der Waals surface area (Å²) < 4.78 is 22.5. The van der Waals surface area contributed by atoms with E-state index < -0.39 is 29.4 Å². The molecular weight excluding hydrogens is 428 g/mol. The summed E-state index contributed by atoms with van der Waals surface area (Å²) in [5.41, 5.74) is -0.624. The molecule has 4 heterocycles. The molecule has 178 valence electrons. The molecule has 33 heavy (non-hydrogen) atoms. The molecule has 0 saturated carbocycles. The molecule has 0 N–H and O–H groups in total. The van der Waals surface area contributed by atoms with Crippen molar-refractivity contribution < 1.29 is 33.3 Å². The fourth-order valence-electron chi connectivity index (χ4n) is 6.09. The smallest absolute Gasteiger partial charge is 0.312 e. The third-order valence-corrected chi connectivity index (χ3v) is 7.49. The van der Waals surface area contributed by atoms with Crippen LogP contribution in [-0.2, 0) is 23.9 Å². The van der Waals surface area contributed by atoms with E-state index in [1.54, 1.807) is 42.9 Å². The number of esters is 1.